The van der Waals surface area contributed by atoms with Crippen LogP contribution in [0.3, 0.4) is 0 Å². The van der Waals surface area contributed by atoms with E-state index in [0.29, 0.717) is 5.56 Å². The molecule has 0 aliphatic rings. The summed E-state index contributed by atoms with van der Waals surface area (Å²) in [6.07, 6.45) is 3.03. The molecule has 2 rings (SSSR count). The van der Waals surface area contributed by atoms with Gasteiger partial charge in [0.05, 0.1) is 18.8 Å². The van der Waals surface area contributed by atoms with Gasteiger partial charge in [-0.25, -0.2) is 9.59 Å². The number of carbonyl (C=O) groups is 4. The Hall–Kier alpha value is -3.02. The number of nitrogens with zero attached hydrogens (tertiary/aromatic N) is 1. The predicted molar refractivity (Wildman–Crippen MR) is 111 cm³/mol. The van der Waals surface area contributed by atoms with Crippen LogP contribution in [0.15, 0.2) is 24.5 Å². The fraction of sp³-hybridized carbons (Fsp3) is 0.350. The van der Waals surface area contributed by atoms with Crippen molar-refractivity contribution >= 4 is 40.1 Å². The number of ether oxygens (including phenoxy) is 3. The number of anilines is 1. The van der Waals surface area contributed by atoms with Gasteiger partial charge in [-0.15, -0.1) is 11.3 Å². The molecule has 0 atom stereocenters. The highest BCUT2D eigenvalue weighted by Crippen LogP contribution is 2.34. The van der Waals surface area contributed by atoms with Crippen molar-refractivity contribution in [3.8, 4) is 0 Å². The van der Waals surface area contributed by atoms with Crippen molar-refractivity contribution in [3.05, 3.63) is 46.1 Å². The van der Waals surface area contributed by atoms with Gasteiger partial charge in [0, 0.05) is 13.2 Å². The number of amides is 2. The molecular weight excluding hydrogens is 462 g/mol. The predicted octanol–water partition coefficient (Wildman–Crippen LogP) is -1.93. The molecule has 2 heterocycles. The molecule has 0 saturated heterocycles. The van der Waals surface area contributed by atoms with Gasteiger partial charge in [-0.2, -0.15) is 4.57 Å². The number of hydrogen-bond acceptors (Lipinski definition) is 8. The minimum absolute atomic E-state index is 0. The normalized spacial score (nSPS) is 10.1. The number of nitrogens with two attached hydrogens (primary N) is 1. The van der Waals surface area contributed by atoms with Gasteiger partial charge in [0.1, 0.15) is 22.0 Å². The van der Waals surface area contributed by atoms with E-state index in [1.807, 2.05) is 0 Å². The van der Waals surface area contributed by atoms with E-state index in [1.165, 1.54) is 23.9 Å². The van der Waals surface area contributed by atoms with Crippen molar-refractivity contribution in [3.63, 3.8) is 0 Å². The SMILES string of the molecule is CCOC(=O)c1c(NC(=O)C[n+]2cccc(C(N)=O)c2)sc(C(=O)OCCOC)c1C.[Cl-]. The lowest BCUT2D eigenvalue weighted by atomic mass is 10.1. The number of carbonyl (C=O) groups excluding carboxylic acids is 4. The molecular formula is C20H24ClN3O7S. The van der Waals surface area contributed by atoms with Crippen molar-refractivity contribution in [2.24, 2.45) is 5.73 Å². The Morgan fingerprint density at radius 3 is 2.50 bits per heavy atom. The van der Waals surface area contributed by atoms with Crippen molar-refractivity contribution in [2.75, 3.05) is 32.2 Å². The van der Waals surface area contributed by atoms with Gasteiger partial charge in [-0.3, -0.25) is 9.59 Å². The number of halogens is 1. The summed E-state index contributed by atoms with van der Waals surface area (Å²) in [5.74, 6) is -2.39. The van der Waals surface area contributed by atoms with Crippen LogP contribution in [0.5, 0.6) is 0 Å². The maximum absolute atomic E-state index is 12.6. The molecule has 0 spiro atoms. The molecule has 3 N–H and O–H groups in total. The van der Waals surface area contributed by atoms with Crippen molar-refractivity contribution < 1.29 is 50.4 Å². The van der Waals surface area contributed by atoms with E-state index in [-0.39, 0.29) is 59.8 Å². The summed E-state index contributed by atoms with van der Waals surface area (Å²) < 4.78 is 16.5. The Balaban J connectivity index is 0.00000512. The van der Waals surface area contributed by atoms with E-state index in [4.69, 9.17) is 19.9 Å². The van der Waals surface area contributed by atoms with Gasteiger partial charge >= 0.3 is 11.9 Å². The largest absolute Gasteiger partial charge is 1.00 e. The van der Waals surface area contributed by atoms with Gasteiger partial charge in [-0.05, 0) is 25.5 Å². The fourth-order valence-electron chi connectivity index (χ4n) is 2.63. The third-order valence-corrected chi connectivity index (χ3v) is 5.24. The van der Waals surface area contributed by atoms with Crippen LogP contribution in [0.25, 0.3) is 0 Å². The molecule has 0 aliphatic carbocycles. The van der Waals surface area contributed by atoms with Crippen LogP contribution in [0.2, 0.25) is 0 Å². The number of nitrogens with one attached hydrogen (secondary N) is 1. The summed E-state index contributed by atoms with van der Waals surface area (Å²) in [6, 6.07) is 3.11. The van der Waals surface area contributed by atoms with Crippen molar-refractivity contribution in [1.82, 2.24) is 0 Å². The highest BCUT2D eigenvalue weighted by molar-refractivity contribution is 7.18. The molecule has 0 unspecified atom stereocenters. The summed E-state index contributed by atoms with van der Waals surface area (Å²) in [5.41, 5.74) is 5.95. The first-order chi connectivity index (χ1) is 14.8. The molecule has 2 aromatic rings. The highest BCUT2D eigenvalue weighted by atomic mass is 35.5. The molecule has 174 valence electrons. The number of hydrogen-bond donors (Lipinski definition) is 2. The first-order valence-electron chi connectivity index (χ1n) is 9.33. The molecule has 2 aromatic heterocycles. The second kappa shape index (κ2) is 12.7. The Labute approximate surface area is 195 Å². The number of esters is 2. The van der Waals surface area contributed by atoms with E-state index >= 15 is 0 Å². The Kier molecular flexibility index (Phi) is 10.8. The van der Waals surface area contributed by atoms with E-state index in [9.17, 15) is 19.2 Å². The molecule has 0 fully saturated rings. The second-order valence-corrected chi connectivity index (χ2v) is 7.31. The molecule has 12 heteroatoms. The summed E-state index contributed by atoms with van der Waals surface area (Å²) >= 11 is 0.922. The zero-order valence-electron chi connectivity index (χ0n) is 17.8. The van der Waals surface area contributed by atoms with Gasteiger partial charge in [0.15, 0.2) is 12.4 Å². The number of pyridine rings is 1. The maximum atomic E-state index is 12.6. The van der Waals surface area contributed by atoms with Crippen molar-refractivity contribution in [2.45, 2.75) is 20.4 Å². The summed E-state index contributed by atoms with van der Waals surface area (Å²) in [7, 11) is 1.48. The molecule has 32 heavy (non-hydrogen) atoms. The van der Waals surface area contributed by atoms with Crippen LogP contribution in [-0.4, -0.2) is 50.7 Å². The quantitative estimate of drug-likeness (QED) is 0.227. The van der Waals surface area contributed by atoms with Crippen molar-refractivity contribution in [1.29, 1.82) is 0 Å². The topological polar surface area (TPSA) is 138 Å². The smallest absolute Gasteiger partial charge is 0.348 e. The number of thiophene rings is 1. The monoisotopic (exact) mass is 485 g/mol. The number of rotatable bonds is 10. The standard InChI is InChI=1S/C20H23N3O7S.ClH/c1-4-29-19(26)15-12(2)16(20(27)30-9-8-28-3)31-18(15)22-14(24)11-23-7-5-6-13(10-23)17(21)25;/h5-7,10H,4,8-9,11H2,1-3H3,(H2-,21,22,24,25,26,27);1H. The van der Waals surface area contributed by atoms with E-state index in [2.05, 4.69) is 5.32 Å². The van der Waals surface area contributed by atoms with Crippen LogP contribution < -0.4 is 28.0 Å². The number of aromatic nitrogens is 1. The Morgan fingerprint density at radius 2 is 1.88 bits per heavy atom. The molecule has 0 aliphatic heterocycles. The van der Waals surface area contributed by atoms with Gasteiger partial charge < -0.3 is 37.7 Å². The van der Waals surface area contributed by atoms with E-state index in [0.717, 1.165) is 11.3 Å². The number of methoxy groups -OCH3 is 1. The minimum atomic E-state index is -0.661. The minimum Gasteiger partial charge on any atom is -1.00 e. The van der Waals surface area contributed by atoms with Crippen LogP contribution >= 0.6 is 11.3 Å². The second-order valence-electron chi connectivity index (χ2n) is 6.29. The Bertz CT molecular complexity index is 994. The molecule has 0 radical (unpaired) electrons. The van der Waals surface area contributed by atoms with Gasteiger partial charge in [0.2, 0.25) is 6.54 Å². The van der Waals surface area contributed by atoms with Crippen LogP contribution in [-0.2, 0) is 25.5 Å². The molecule has 0 saturated carbocycles. The molecule has 0 bridgehead atoms. The lowest BCUT2D eigenvalue weighted by molar-refractivity contribution is -0.684. The third kappa shape index (κ3) is 7.01. The first kappa shape index (κ1) is 27.0. The van der Waals surface area contributed by atoms with E-state index in [1.54, 1.807) is 26.1 Å². The zero-order valence-corrected chi connectivity index (χ0v) is 19.4. The number of primary amides is 1. The summed E-state index contributed by atoms with van der Waals surface area (Å²) in [5, 5.41) is 2.81. The van der Waals surface area contributed by atoms with Crippen LogP contribution in [0.1, 0.15) is 42.9 Å². The maximum Gasteiger partial charge on any atom is 0.348 e. The van der Waals surface area contributed by atoms with Crippen LogP contribution in [0.4, 0.5) is 5.00 Å². The van der Waals surface area contributed by atoms with Gasteiger partial charge in [-0.1, -0.05) is 0 Å². The molecule has 10 nitrogen and oxygen atoms in total. The molecule has 2 amide bonds. The zero-order chi connectivity index (χ0) is 23.0. The lowest BCUT2D eigenvalue weighted by Crippen LogP contribution is -3.00. The average Bonchev–Trinajstić information content (AvgIpc) is 3.04. The van der Waals surface area contributed by atoms with Gasteiger partial charge in [0.25, 0.3) is 11.8 Å². The fourth-order valence-corrected chi connectivity index (χ4v) is 3.73. The third-order valence-electron chi connectivity index (χ3n) is 4.05. The average molecular weight is 486 g/mol. The highest BCUT2D eigenvalue weighted by Gasteiger charge is 2.28. The summed E-state index contributed by atoms with van der Waals surface area (Å²) in [4.78, 5) is 48.9. The molecule has 0 aromatic carbocycles. The van der Waals surface area contributed by atoms with Crippen LogP contribution in [0, 0.1) is 6.92 Å². The van der Waals surface area contributed by atoms with E-state index < -0.39 is 23.8 Å². The lowest BCUT2D eigenvalue weighted by Gasteiger charge is -2.06. The summed E-state index contributed by atoms with van der Waals surface area (Å²) in [6.45, 7) is 3.50. The Morgan fingerprint density at radius 1 is 1.16 bits per heavy atom. The first-order valence-corrected chi connectivity index (χ1v) is 10.1.